The van der Waals surface area contributed by atoms with Gasteiger partial charge in [-0.15, -0.1) is 0 Å². The smallest absolute Gasteiger partial charge is 0.429 e. The maximum atomic E-state index is 14.7. The first-order valence-electron chi connectivity index (χ1n) is 12.6. The number of allylic oxidation sites excluding steroid dienone is 2. The number of ether oxygens (including phenoxy) is 2. The fourth-order valence-electron chi connectivity index (χ4n) is 5.48. The van der Waals surface area contributed by atoms with E-state index in [1.165, 1.54) is 0 Å². The van der Waals surface area contributed by atoms with Gasteiger partial charge in [-0.1, -0.05) is 6.08 Å². The Kier molecular flexibility index (Phi) is 8.51. The lowest BCUT2D eigenvalue weighted by molar-refractivity contribution is -0.189. The molecule has 37 heavy (non-hydrogen) atoms. The number of alkyl halides is 2. The molecule has 4 rings (SSSR count). The molecular weight excluding hydrogens is 501 g/mol. The summed E-state index contributed by atoms with van der Waals surface area (Å²) in [5, 5.41) is 0. The second kappa shape index (κ2) is 11.5. The van der Waals surface area contributed by atoms with Crippen LogP contribution in [0.25, 0.3) is 5.57 Å². The molecular formula is C28H29F7O2. The van der Waals surface area contributed by atoms with Gasteiger partial charge < -0.3 is 9.47 Å². The van der Waals surface area contributed by atoms with Gasteiger partial charge in [-0.25, -0.2) is 22.0 Å². The summed E-state index contributed by atoms with van der Waals surface area (Å²) in [4.78, 5) is 0. The summed E-state index contributed by atoms with van der Waals surface area (Å²) in [6.07, 6.45) is 4.00. The molecule has 1 atom stereocenters. The van der Waals surface area contributed by atoms with E-state index in [1.807, 2.05) is 13.0 Å². The predicted octanol–water partition coefficient (Wildman–Crippen LogP) is 8.54. The number of hydrogen-bond donors (Lipinski definition) is 0. The molecule has 0 aliphatic heterocycles. The van der Waals surface area contributed by atoms with Crippen LogP contribution in [-0.4, -0.2) is 13.2 Å². The summed E-state index contributed by atoms with van der Waals surface area (Å²) in [5.41, 5.74) is -0.857. The van der Waals surface area contributed by atoms with Crippen LogP contribution in [-0.2, 0) is 10.8 Å². The molecule has 0 heterocycles. The van der Waals surface area contributed by atoms with E-state index in [0.29, 0.717) is 29.7 Å². The second-order valence-electron chi connectivity index (χ2n) is 9.84. The zero-order valence-corrected chi connectivity index (χ0v) is 20.4. The highest BCUT2D eigenvalue weighted by Crippen LogP contribution is 2.42. The number of benzene rings is 2. The monoisotopic (exact) mass is 530 g/mol. The average Bonchev–Trinajstić information content (AvgIpc) is 2.85. The summed E-state index contributed by atoms with van der Waals surface area (Å²) < 4.78 is 108. The van der Waals surface area contributed by atoms with E-state index in [2.05, 4.69) is 4.74 Å². The van der Waals surface area contributed by atoms with Gasteiger partial charge in [0, 0.05) is 25.3 Å². The molecule has 2 aliphatic carbocycles. The van der Waals surface area contributed by atoms with Crippen LogP contribution in [0.3, 0.4) is 0 Å². The Morgan fingerprint density at radius 1 is 0.811 bits per heavy atom. The van der Waals surface area contributed by atoms with Crippen LogP contribution in [0.2, 0.25) is 0 Å². The van der Waals surface area contributed by atoms with Crippen LogP contribution >= 0.6 is 0 Å². The Bertz CT molecular complexity index is 1090. The Morgan fingerprint density at radius 3 is 1.97 bits per heavy atom. The molecule has 0 radical (unpaired) electrons. The summed E-state index contributed by atoms with van der Waals surface area (Å²) >= 11 is 0. The van der Waals surface area contributed by atoms with Gasteiger partial charge in [-0.3, -0.25) is 0 Å². The minimum absolute atomic E-state index is 0.160. The van der Waals surface area contributed by atoms with Crippen molar-refractivity contribution in [2.75, 3.05) is 13.2 Å². The maximum absolute atomic E-state index is 14.7. The van der Waals surface area contributed by atoms with Gasteiger partial charge in [0.05, 0.1) is 0 Å². The van der Waals surface area contributed by atoms with Gasteiger partial charge in [0.1, 0.15) is 22.9 Å². The van der Waals surface area contributed by atoms with E-state index in [0.717, 1.165) is 63.9 Å². The lowest BCUT2D eigenvalue weighted by Crippen LogP contribution is -2.26. The fourth-order valence-corrected chi connectivity index (χ4v) is 5.48. The predicted molar refractivity (Wildman–Crippen MR) is 124 cm³/mol. The van der Waals surface area contributed by atoms with E-state index < -0.39 is 46.5 Å². The Hall–Kier alpha value is -2.55. The van der Waals surface area contributed by atoms with Gasteiger partial charge >= 0.3 is 6.11 Å². The SMILES string of the molecule is CCOCC1CCC(C2CC=C(c3cc(F)c(C(F)(F)Oc4cc(F)c(F)c(F)c4)c(F)c3)CC2)CC1. The van der Waals surface area contributed by atoms with E-state index in [1.54, 1.807) is 0 Å². The van der Waals surface area contributed by atoms with Gasteiger partial charge in [-0.05, 0) is 92.9 Å². The number of hydrogen-bond acceptors (Lipinski definition) is 2. The summed E-state index contributed by atoms with van der Waals surface area (Å²) in [6.45, 7) is 3.50. The molecule has 0 amide bonds. The van der Waals surface area contributed by atoms with Crippen LogP contribution in [0.15, 0.2) is 30.3 Å². The largest absolute Gasteiger partial charge is 0.432 e. The second-order valence-corrected chi connectivity index (χ2v) is 9.84. The van der Waals surface area contributed by atoms with Gasteiger partial charge in [-0.2, -0.15) is 8.78 Å². The first kappa shape index (κ1) is 27.5. The molecule has 9 heteroatoms. The zero-order valence-electron chi connectivity index (χ0n) is 20.4. The van der Waals surface area contributed by atoms with Crippen LogP contribution < -0.4 is 4.74 Å². The Morgan fingerprint density at radius 2 is 1.43 bits per heavy atom. The third kappa shape index (κ3) is 6.30. The lowest BCUT2D eigenvalue weighted by Gasteiger charge is -2.35. The molecule has 0 spiro atoms. The molecule has 1 fully saturated rings. The van der Waals surface area contributed by atoms with E-state index >= 15 is 0 Å². The number of rotatable bonds is 8. The molecule has 2 aliphatic rings. The van der Waals surface area contributed by atoms with Crippen LogP contribution in [0.1, 0.15) is 63.0 Å². The Balaban J connectivity index is 1.44. The van der Waals surface area contributed by atoms with Gasteiger partial charge in [0.2, 0.25) is 0 Å². The Labute approximate surface area is 211 Å². The first-order valence-corrected chi connectivity index (χ1v) is 12.6. The molecule has 1 unspecified atom stereocenters. The minimum atomic E-state index is -4.60. The van der Waals surface area contributed by atoms with Crippen molar-refractivity contribution in [2.24, 2.45) is 17.8 Å². The molecule has 2 aromatic rings. The highest BCUT2D eigenvalue weighted by Gasteiger charge is 2.42. The highest BCUT2D eigenvalue weighted by molar-refractivity contribution is 5.67. The number of halogens is 7. The zero-order chi connectivity index (χ0) is 26.7. The van der Waals surface area contributed by atoms with Crippen molar-refractivity contribution < 1.29 is 40.2 Å². The molecule has 0 bridgehead atoms. The third-order valence-electron chi connectivity index (χ3n) is 7.47. The minimum Gasteiger partial charge on any atom is -0.429 e. The first-order chi connectivity index (χ1) is 17.6. The normalized spacial score (nSPS) is 22.6. The van der Waals surface area contributed by atoms with Gasteiger partial charge in [0.15, 0.2) is 17.5 Å². The van der Waals surface area contributed by atoms with Crippen LogP contribution in [0, 0.1) is 46.8 Å². The van der Waals surface area contributed by atoms with E-state index in [9.17, 15) is 30.7 Å². The van der Waals surface area contributed by atoms with Crippen LogP contribution in [0.4, 0.5) is 30.7 Å². The van der Waals surface area contributed by atoms with Crippen molar-refractivity contribution in [1.29, 1.82) is 0 Å². The summed E-state index contributed by atoms with van der Waals surface area (Å²) in [6, 6.07) is 1.97. The van der Waals surface area contributed by atoms with Crippen molar-refractivity contribution in [3.8, 4) is 5.75 Å². The standard InChI is InChI=1S/C28H29F7O2/c1-2-36-15-16-3-5-17(6-4-16)18-7-9-19(10-8-18)20-11-22(29)26(23(30)12-20)28(34,35)37-21-13-24(31)27(33)25(32)14-21/h9,11-14,16-18H,2-8,10,15H2,1H3. The van der Waals surface area contributed by atoms with Crippen molar-refractivity contribution in [3.63, 3.8) is 0 Å². The van der Waals surface area contributed by atoms with E-state index in [4.69, 9.17) is 4.74 Å². The maximum Gasteiger partial charge on any atom is 0.432 e. The fraction of sp³-hybridized carbons (Fsp3) is 0.500. The van der Waals surface area contributed by atoms with E-state index in [-0.39, 0.29) is 17.7 Å². The van der Waals surface area contributed by atoms with Crippen molar-refractivity contribution in [1.82, 2.24) is 0 Å². The molecule has 0 aromatic heterocycles. The van der Waals surface area contributed by atoms with Crippen LogP contribution in [0.5, 0.6) is 5.75 Å². The van der Waals surface area contributed by atoms with Crippen molar-refractivity contribution >= 4 is 5.57 Å². The van der Waals surface area contributed by atoms with Crippen molar-refractivity contribution in [2.45, 2.75) is 58.0 Å². The summed E-state index contributed by atoms with van der Waals surface area (Å²) in [7, 11) is 0. The molecule has 2 nitrogen and oxygen atoms in total. The average molecular weight is 531 g/mol. The quantitative estimate of drug-likeness (QED) is 0.252. The molecule has 2 aromatic carbocycles. The molecule has 202 valence electrons. The highest BCUT2D eigenvalue weighted by atomic mass is 19.3. The third-order valence-corrected chi connectivity index (χ3v) is 7.47. The van der Waals surface area contributed by atoms with Gasteiger partial charge in [0.25, 0.3) is 0 Å². The molecule has 0 N–H and O–H groups in total. The van der Waals surface area contributed by atoms with Crippen molar-refractivity contribution in [3.05, 3.63) is 70.6 Å². The lowest BCUT2D eigenvalue weighted by atomic mass is 9.71. The topological polar surface area (TPSA) is 18.5 Å². The molecule has 0 saturated heterocycles. The summed E-state index contributed by atoms with van der Waals surface area (Å²) in [5.74, 6) is -8.00. The molecule has 1 saturated carbocycles.